The molecule has 2 aromatic heterocycles. The van der Waals surface area contributed by atoms with E-state index in [1.54, 1.807) is 0 Å². The number of benzene rings is 4. The Kier molecular flexibility index (Phi) is 6.64. The van der Waals surface area contributed by atoms with Crippen molar-refractivity contribution in [1.82, 2.24) is 19.9 Å². The third kappa shape index (κ3) is 5.11. The fourth-order valence-corrected chi connectivity index (χ4v) is 5.34. The van der Waals surface area contributed by atoms with Crippen LogP contribution in [0.15, 0.2) is 116 Å². The molecular formula is C36H31BN4O2. The molecule has 0 N–H and O–H groups in total. The summed E-state index contributed by atoms with van der Waals surface area (Å²) in [6.07, 6.45) is 3.80. The quantitative estimate of drug-likeness (QED) is 0.204. The highest BCUT2D eigenvalue weighted by atomic mass is 16.7. The van der Waals surface area contributed by atoms with E-state index in [9.17, 15) is 0 Å². The molecule has 7 heteroatoms. The lowest BCUT2D eigenvalue weighted by molar-refractivity contribution is 0.00578. The van der Waals surface area contributed by atoms with Crippen molar-refractivity contribution < 1.29 is 9.31 Å². The van der Waals surface area contributed by atoms with E-state index in [2.05, 4.69) is 69.1 Å². The largest absolute Gasteiger partial charge is 0.494 e. The van der Waals surface area contributed by atoms with Gasteiger partial charge in [-0.1, -0.05) is 97.1 Å². The summed E-state index contributed by atoms with van der Waals surface area (Å²) >= 11 is 0. The summed E-state index contributed by atoms with van der Waals surface area (Å²) in [4.78, 5) is 19.4. The Labute approximate surface area is 252 Å². The highest BCUT2D eigenvalue weighted by Crippen LogP contribution is 2.38. The molecule has 0 aliphatic carbocycles. The molecule has 0 bridgehead atoms. The normalized spacial score (nSPS) is 15.6. The first-order valence-corrected chi connectivity index (χ1v) is 14.5. The molecule has 0 radical (unpaired) electrons. The molecule has 0 spiro atoms. The van der Waals surface area contributed by atoms with Crippen molar-refractivity contribution in [1.29, 1.82) is 0 Å². The van der Waals surface area contributed by atoms with Crippen LogP contribution in [-0.2, 0) is 9.31 Å². The van der Waals surface area contributed by atoms with Gasteiger partial charge in [0.1, 0.15) is 0 Å². The minimum Gasteiger partial charge on any atom is -0.399 e. The molecule has 1 aliphatic heterocycles. The van der Waals surface area contributed by atoms with Gasteiger partial charge in [-0.05, 0) is 50.2 Å². The van der Waals surface area contributed by atoms with Crippen LogP contribution in [-0.4, -0.2) is 38.3 Å². The molecule has 1 fully saturated rings. The second-order valence-corrected chi connectivity index (χ2v) is 11.9. The minimum absolute atomic E-state index is 0.483. The van der Waals surface area contributed by atoms with Crippen LogP contribution in [0.4, 0.5) is 0 Å². The molecule has 6 nitrogen and oxygen atoms in total. The lowest BCUT2D eigenvalue weighted by Gasteiger charge is -2.32. The highest BCUT2D eigenvalue weighted by molar-refractivity contribution is 6.62. The molecule has 4 aromatic carbocycles. The molecule has 6 aromatic rings. The SMILES string of the molecule is CC1(C)OB(c2cc(-c3nc(-c4ccccc4)nc(-c4ccccc4)n3)cc(-c3cncc4ccccc34)c2)OC1(C)C. The maximum atomic E-state index is 6.51. The van der Waals surface area contributed by atoms with E-state index in [0.717, 1.165) is 44.1 Å². The second kappa shape index (κ2) is 10.5. The van der Waals surface area contributed by atoms with E-state index in [1.807, 2.05) is 79.1 Å². The van der Waals surface area contributed by atoms with Crippen LogP contribution in [0.2, 0.25) is 0 Å². The van der Waals surface area contributed by atoms with Gasteiger partial charge in [-0.25, -0.2) is 15.0 Å². The number of rotatable bonds is 5. The summed E-state index contributed by atoms with van der Waals surface area (Å²) in [5.74, 6) is 1.79. The zero-order chi connectivity index (χ0) is 29.6. The van der Waals surface area contributed by atoms with Gasteiger partial charge in [0.25, 0.3) is 0 Å². The monoisotopic (exact) mass is 562 g/mol. The maximum Gasteiger partial charge on any atom is 0.494 e. The van der Waals surface area contributed by atoms with Crippen LogP contribution in [0.5, 0.6) is 0 Å². The zero-order valence-corrected chi connectivity index (χ0v) is 24.7. The standard InChI is InChI=1S/C36H31BN4O2/c1-35(2)36(3,4)43-37(42-35)29-20-27(31-23-38-22-26-17-11-12-18-30(26)31)19-28(21-29)34-40-32(24-13-7-5-8-14-24)39-33(41-34)25-15-9-6-10-16-25/h5-23H,1-4H3. The van der Waals surface area contributed by atoms with Crippen LogP contribution in [0.3, 0.4) is 0 Å². The molecule has 0 atom stereocenters. The first kappa shape index (κ1) is 27.1. The van der Waals surface area contributed by atoms with E-state index in [0.29, 0.717) is 17.5 Å². The Morgan fingerprint density at radius 1 is 0.535 bits per heavy atom. The number of aromatic nitrogens is 4. The maximum absolute atomic E-state index is 6.51. The lowest BCUT2D eigenvalue weighted by atomic mass is 9.76. The van der Waals surface area contributed by atoms with E-state index in [1.165, 1.54) is 0 Å². The predicted octanol–water partition coefficient (Wildman–Crippen LogP) is 7.39. The highest BCUT2D eigenvalue weighted by Gasteiger charge is 2.51. The molecule has 0 unspecified atom stereocenters. The van der Waals surface area contributed by atoms with Gasteiger partial charge in [-0.3, -0.25) is 4.98 Å². The number of pyridine rings is 1. The Bertz CT molecular complexity index is 1870. The van der Waals surface area contributed by atoms with E-state index >= 15 is 0 Å². The van der Waals surface area contributed by atoms with Crippen molar-refractivity contribution >= 4 is 23.4 Å². The van der Waals surface area contributed by atoms with Crippen LogP contribution in [0.1, 0.15) is 27.7 Å². The van der Waals surface area contributed by atoms with E-state index < -0.39 is 18.3 Å². The fourth-order valence-electron chi connectivity index (χ4n) is 5.34. The number of hydrogen-bond acceptors (Lipinski definition) is 6. The Hall–Kier alpha value is -4.72. The third-order valence-electron chi connectivity index (χ3n) is 8.42. The summed E-state index contributed by atoms with van der Waals surface area (Å²) in [5.41, 5.74) is 4.60. The summed E-state index contributed by atoms with van der Waals surface area (Å²) in [5, 5.41) is 2.18. The molecule has 1 saturated heterocycles. The topological polar surface area (TPSA) is 70.0 Å². The Morgan fingerprint density at radius 2 is 1.05 bits per heavy atom. The average Bonchev–Trinajstić information content (AvgIpc) is 3.27. The molecule has 7 rings (SSSR count). The molecule has 210 valence electrons. The Morgan fingerprint density at radius 3 is 1.65 bits per heavy atom. The summed E-state index contributed by atoms with van der Waals surface area (Å²) < 4.78 is 13.0. The molecular weight excluding hydrogens is 531 g/mol. The number of nitrogens with zero attached hydrogens (tertiary/aromatic N) is 4. The molecule has 0 amide bonds. The van der Waals surface area contributed by atoms with Gasteiger partial charge in [0.2, 0.25) is 0 Å². The summed E-state index contributed by atoms with van der Waals surface area (Å²) in [7, 11) is -0.560. The van der Waals surface area contributed by atoms with Gasteiger partial charge < -0.3 is 9.31 Å². The van der Waals surface area contributed by atoms with Crippen LogP contribution < -0.4 is 5.46 Å². The van der Waals surface area contributed by atoms with Crippen molar-refractivity contribution in [2.75, 3.05) is 0 Å². The van der Waals surface area contributed by atoms with Gasteiger partial charge >= 0.3 is 7.12 Å². The number of hydrogen-bond donors (Lipinski definition) is 0. The molecule has 1 aliphatic rings. The first-order chi connectivity index (χ1) is 20.8. The van der Waals surface area contributed by atoms with Crippen LogP contribution >= 0.6 is 0 Å². The zero-order valence-electron chi connectivity index (χ0n) is 24.7. The smallest absolute Gasteiger partial charge is 0.399 e. The lowest BCUT2D eigenvalue weighted by Crippen LogP contribution is -2.41. The van der Waals surface area contributed by atoms with Crippen molar-refractivity contribution in [3.05, 3.63) is 116 Å². The van der Waals surface area contributed by atoms with Gasteiger partial charge in [0.15, 0.2) is 17.5 Å². The average molecular weight is 562 g/mol. The number of fused-ring (bicyclic) bond motifs is 1. The van der Waals surface area contributed by atoms with Crippen molar-refractivity contribution in [2.24, 2.45) is 0 Å². The van der Waals surface area contributed by atoms with Crippen molar-refractivity contribution in [2.45, 2.75) is 38.9 Å². The minimum atomic E-state index is -0.560. The van der Waals surface area contributed by atoms with Gasteiger partial charge in [-0.2, -0.15) is 0 Å². The van der Waals surface area contributed by atoms with Gasteiger partial charge in [0.05, 0.1) is 11.2 Å². The first-order valence-electron chi connectivity index (χ1n) is 14.5. The third-order valence-corrected chi connectivity index (χ3v) is 8.42. The summed E-state index contributed by atoms with van der Waals surface area (Å²) in [6.45, 7) is 8.26. The Balaban J connectivity index is 1.46. The summed E-state index contributed by atoms with van der Waals surface area (Å²) in [6, 6.07) is 34.6. The van der Waals surface area contributed by atoms with E-state index in [-0.39, 0.29) is 0 Å². The van der Waals surface area contributed by atoms with Crippen LogP contribution in [0, 0.1) is 0 Å². The molecule has 0 saturated carbocycles. The van der Waals surface area contributed by atoms with Crippen LogP contribution in [0.25, 0.3) is 56.1 Å². The second-order valence-electron chi connectivity index (χ2n) is 11.9. The fraction of sp³-hybridized carbons (Fsp3) is 0.167. The van der Waals surface area contributed by atoms with E-state index in [4.69, 9.17) is 24.3 Å². The predicted molar refractivity (Wildman–Crippen MR) is 173 cm³/mol. The van der Waals surface area contributed by atoms with Crippen molar-refractivity contribution in [3.8, 4) is 45.3 Å². The molecule has 3 heterocycles. The molecule has 43 heavy (non-hydrogen) atoms. The van der Waals surface area contributed by atoms with Crippen molar-refractivity contribution in [3.63, 3.8) is 0 Å². The van der Waals surface area contributed by atoms with Gasteiger partial charge in [-0.15, -0.1) is 0 Å². The van der Waals surface area contributed by atoms with Gasteiger partial charge in [0, 0.05) is 40.0 Å².